The van der Waals surface area contributed by atoms with Gasteiger partial charge in [0.1, 0.15) is 24.3 Å². The Hall–Kier alpha value is -4.96. The number of hydrogen-bond donors (Lipinski definition) is 4. The summed E-state index contributed by atoms with van der Waals surface area (Å²) in [6.07, 6.45) is 1.45. The third-order valence-corrected chi connectivity index (χ3v) is 7.69. The van der Waals surface area contributed by atoms with Crippen LogP contribution in [0.25, 0.3) is 10.9 Å². The van der Waals surface area contributed by atoms with Gasteiger partial charge < -0.3 is 30.4 Å². The second-order valence-corrected chi connectivity index (χ2v) is 11.2. The SMILES string of the molecule is C[C@@H](NC(=O)OCc1ccccc1)C(=O)N[C@@H](Cc1c[nH]c2ccccc12)C(=O)N[C@@H](Cc1ccccc1)C(=O)[C@]1(C)CO1. The van der Waals surface area contributed by atoms with Crippen LogP contribution in [-0.4, -0.2) is 59.0 Å². The molecule has 0 aliphatic carbocycles. The van der Waals surface area contributed by atoms with Gasteiger partial charge in [-0.05, 0) is 43.0 Å². The van der Waals surface area contributed by atoms with Crippen molar-refractivity contribution in [3.05, 3.63) is 108 Å². The normalized spacial score (nSPS) is 17.6. The topological polar surface area (TPSA) is 142 Å². The van der Waals surface area contributed by atoms with Gasteiger partial charge in [0.05, 0.1) is 12.6 Å². The van der Waals surface area contributed by atoms with Crippen LogP contribution < -0.4 is 16.0 Å². The molecular weight excluding hydrogens is 560 g/mol. The second kappa shape index (κ2) is 13.6. The Morgan fingerprint density at radius 2 is 1.43 bits per heavy atom. The lowest BCUT2D eigenvalue weighted by Gasteiger charge is -2.25. The number of carbonyl (C=O) groups is 4. The predicted molar refractivity (Wildman–Crippen MR) is 165 cm³/mol. The lowest BCUT2D eigenvalue weighted by atomic mass is 9.94. The summed E-state index contributed by atoms with van der Waals surface area (Å²) in [6.45, 7) is 3.54. The number of para-hydroxylation sites is 1. The zero-order chi connectivity index (χ0) is 31.1. The molecule has 1 fully saturated rings. The Morgan fingerprint density at radius 3 is 2.11 bits per heavy atom. The fourth-order valence-corrected chi connectivity index (χ4v) is 4.98. The molecule has 5 rings (SSSR count). The van der Waals surface area contributed by atoms with E-state index in [-0.39, 0.29) is 31.8 Å². The van der Waals surface area contributed by atoms with Crippen LogP contribution in [0.3, 0.4) is 0 Å². The quantitative estimate of drug-likeness (QED) is 0.174. The van der Waals surface area contributed by atoms with E-state index >= 15 is 0 Å². The summed E-state index contributed by atoms with van der Waals surface area (Å²) in [4.78, 5) is 56.1. The van der Waals surface area contributed by atoms with Gasteiger partial charge in [-0.2, -0.15) is 0 Å². The number of aromatic amines is 1. The first-order chi connectivity index (χ1) is 21.2. The van der Waals surface area contributed by atoms with Crippen LogP contribution in [0.15, 0.2) is 91.1 Å². The fourth-order valence-electron chi connectivity index (χ4n) is 4.98. The van der Waals surface area contributed by atoms with Gasteiger partial charge in [0, 0.05) is 23.5 Å². The summed E-state index contributed by atoms with van der Waals surface area (Å²) in [5, 5.41) is 9.10. The summed E-state index contributed by atoms with van der Waals surface area (Å²) in [7, 11) is 0. The molecule has 0 unspecified atom stereocenters. The van der Waals surface area contributed by atoms with Gasteiger partial charge in [0.2, 0.25) is 11.8 Å². The van der Waals surface area contributed by atoms with Crippen LogP contribution in [0.2, 0.25) is 0 Å². The molecule has 228 valence electrons. The number of ether oxygens (including phenoxy) is 2. The lowest BCUT2D eigenvalue weighted by Crippen LogP contribution is -2.57. The first-order valence-corrected chi connectivity index (χ1v) is 14.6. The zero-order valence-electron chi connectivity index (χ0n) is 24.7. The number of rotatable bonds is 13. The van der Waals surface area contributed by atoms with Crippen LogP contribution in [0, 0.1) is 0 Å². The number of nitrogens with one attached hydrogen (secondary N) is 4. The highest BCUT2D eigenvalue weighted by Gasteiger charge is 2.50. The molecule has 3 aromatic carbocycles. The minimum Gasteiger partial charge on any atom is -0.445 e. The van der Waals surface area contributed by atoms with E-state index in [1.54, 1.807) is 13.1 Å². The summed E-state index contributed by atoms with van der Waals surface area (Å²) >= 11 is 0. The van der Waals surface area contributed by atoms with Gasteiger partial charge in [-0.15, -0.1) is 0 Å². The van der Waals surface area contributed by atoms with Gasteiger partial charge >= 0.3 is 6.09 Å². The molecule has 4 aromatic rings. The molecule has 44 heavy (non-hydrogen) atoms. The fraction of sp³-hybridized carbons (Fsp3) is 0.294. The number of aromatic nitrogens is 1. The van der Waals surface area contributed by atoms with E-state index in [4.69, 9.17) is 9.47 Å². The summed E-state index contributed by atoms with van der Waals surface area (Å²) in [5.74, 6) is -1.34. The molecule has 1 aromatic heterocycles. The predicted octanol–water partition coefficient (Wildman–Crippen LogP) is 3.60. The summed E-state index contributed by atoms with van der Waals surface area (Å²) in [5.41, 5.74) is 2.42. The zero-order valence-corrected chi connectivity index (χ0v) is 24.7. The maximum Gasteiger partial charge on any atom is 0.408 e. The molecule has 1 saturated heterocycles. The number of alkyl carbamates (subject to hydrolysis) is 1. The van der Waals surface area contributed by atoms with Crippen molar-refractivity contribution in [2.24, 2.45) is 0 Å². The number of hydrogen-bond acceptors (Lipinski definition) is 6. The third kappa shape index (κ3) is 7.70. The van der Waals surface area contributed by atoms with Gasteiger partial charge in [-0.25, -0.2) is 4.79 Å². The smallest absolute Gasteiger partial charge is 0.408 e. The average molecular weight is 597 g/mol. The molecule has 4 N–H and O–H groups in total. The van der Waals surface area contributed by atoms with Gasteiger partial charge in [-0.3, -0.25) is 14.4 Å². The number of fused-ring (bicyclic) bond motifs is 1. The number of epoxide rings is 1. The van der Waals surface area contributed by atoms with Gasteiger partial charge in [0.25, 0.3) is 0 Å². The largest absolute Gasteiger partial charge is 0.445 e. The summed E-state index contributed by atoms with van der Waals surface area (Å²) < 4.78 is 10.7. The highest BCUT2D eigenvalue weighted by Crippen LogP contribution is 2.29. The summed E-state index contributed by atoms with van der Waals surface area (Å²) in [6, 6.07) is 23.3. The van der Waals surface area contributed by atoms with Crippen molar-refractivity contribution in [3.63, 3.8) is 0 Å². The molecule has 10 heteroatoms. The molecule has 0 radical (unpaired) electrons. The van der Waals surface area contributed by atoms with Crippen LogP contribution in [0.5, 0.6) is 0 Å². The van der Waals surface area contributed by atoms with Crippen molar-refractivity contribution in [1.29, 1.82) is 0 Å². The number of carbonyl (C=O) groups excluding carboxylic acids is 4. The van der Waals surface area contributed by atoms with Crippen molar-refractivity contribution in [1.82, 2.24) is 20.9 Å². The molecule has 10 nitrogen and oxygen atoms in total. The van der Waals surface area contributed by atoms with Crippen molar-refractivity contribution >= 4 is 34.6 Å². The Balaban J connectivity index is 1.31. The van der Waals surface area contributed by atoms with E-state index in [9.17, 15) is 19.2 Å². The van der Waals surface area contributed by atoms with E-state index in [2.05, 4.69) is 20.9 Å². The Kier molecular flexibility index (Phi) is 9.40. The Labute approximate surface area is 255 Å². The van der Waals surface area contributed by atoms with Crippen molar-refractivity contribution in [3.8, 4) is 0 Å². The Morgan fingerprint density at radius 1 is 0.818 bits per heavy atom. The molecule has 3 amide bonds. The van der Waals surface area contributed by atoms with Crippen molar-refractivity contribution in [2.45, 2.75) is 57.0 Å². The number of Topliss-reactive ketones (excluding diaryl/α,β-unsaturated/α-hetero) is 1. The minimum atomic E-state index is -1.05. The average Bonchev–Trinajstić information content (AvgIpc) is 3.67. The van der Waals surface area contributed by atoms with E-state index in [1.807, 2.05) is 84.9 Å². The Bertz CT molecular complexity index is 1620. The molecular formula is C34H36N4O6. The van der Waals surface area contributed by atoms with Crippen LogP contribution in [0.4, 0.5) is 4.79 Å². The number of ketones is 1. The lowest BCUT2D eigenvalue weighted by molar-refractivity contribution is -0.133. The second-order valence-electron chi connectivity index (χ2n) is 11.2. The first-order valence-electron chi connectivity index (χ1n) is 14.6. The number of H-pyrrole nitrogens is 1. The van der Waals surface area contributed by atoms with Gasteiger partial charge in [-0.1, -0.05) is 78.9 Å². The molecule has 1 aliphatic heterocycles. The first kappa shape index (κ1) is 30.5. The maximum absolute atomic E-state index is 13.9. The molecule has 0 spiro atoms. The standard InChI is InChI=1S/C34H36N4O6/c1-22(36-33(42)43-20-24-13-7-4-8-14-24)31(40)38-29(18-25-19-35-27-16-10-9-15-26(25)27)32(41)37-28(30(39)34(2)21-44-34)17-23-11-5-3-6-12-23/h3-16,19,22,28-29,35H,17-18,20-21H2,1-2H3,(H,36,42)(H,37,41)(H,38,40)/t22-,28+,29+,34+/m1/s1. The van der Waals surface area contributed by atoms with Crippen LogP contribution in [-0.2, 0) is 43.3 Å². The number of benzene rings is 3. The van der Waals surface area contributed by atoms with Crippen LogP contribution in [0.1, 0.15) is 30.5 Å². The van der Waals surface area contributed by atoms with Crippen molar-refractivity contribution in [2.75, 3.05) is 6.61 Å². The molecule has 1 aliphatic rings. The number of amides is 3. The monoisotopic (exact) mass is 596 g/mol. The molecule has 4 atom stereocenters. The molecule has 2 heterocycles. The maximum atomic E-state index is 13.9. The molecule has 0 saturated carbocycles. The van der Waals surface area contributed by atoms with Crippen LogP contribution >= 0.6 is 0 Å². The van der Waals surface area contributed by atoms with Crippen molar-refractivity contribution < 1.29 is 28.7 Å². The van der Waals surface area contributed by atoms with E-state index in [0.717, 1.165) is 27.6 Å². The van der Waals surface area contributed by atoms with E-state index in [1.165, 1.54) is 6.92 Å². The van der Waals surface area contributed by atoms with E-state index in [0.29, 0.717) is 0 Å². The molecule has 0 bridgehead atoms. The third-order valence-electron chi connectivity index (χ3n) is 7.69. The highest BCUT2D eigenvalue weighted by molar-refractivity contribution is 5.98. The minimum absolute atomic E-state index is 0.0477. The highest BCUT2D eigenvalue weighted by atomic mass is 16.6. The van der Waals surface area contributed by atoms with E-state index < -0.39 is 41.6 Å². The van der Waals surface area contributed by atoms with Gasteiger partial charge in [0.15, 0.2) is 5.78 Å².